The molecule has 130 valence electrons. The lowest BCUT2D eigenvalue weighted by Crippen LogP contribution is -2.24. The van der Waals surface area contributed by atoms with Gasteiger partial charge in [0.05, 0.1) is 11.5 Å². The third kappa shape index (κ3) is 4.15. The lowest BCUT2D eigenvalue weighted by atomic mass is 10.2. The van der Waals surface area contributed by atoms with Crippen LogP contribution in [0.15, 0.2) is 48.5 Å². The predicted octanol–water partition coefficient (Wildman–Crippen LogP) is 2.75. The summed E-state index contributed by atoms with van der Waals surface area (Å²) in [5.41, 5.74) is 1.84. The SMILES string of the molecule is O=C(NCC#Cc1[nH]nc2cc([N+](=O)[O-])ccc12)OCc1ccccc1. The van der Waals surface area contributed by atoms with E-state index in [1.54, 1.807) is 6.07 Å². The molecule has 3 aromatic rings. The van der Waals surface area contributed by atoms with Crippen molar-refractivity contribution in [1.29, 1.82) is 0 Å². The maximum atomic E-state index is 11.6. The van der Waals surface area contributed by atoms with Gasteiger partial charge in [0, 0.05) is 17.5 Å². The largest absolute Gasteiger partial charge is 0.445 e. The van der Waals surface area contributed by atoms with Gasteiger partial charge in [-0.3, -0.25) is 15.2 Å². The molecular formula is C18H14N4O4. The summed E-state index contributed by atoms with van der Waals surface area (Å²) >= 11 is 0. The highest BCUT2D eigenvalue weighted by Gasteiger charge is 2.10. The number of carbonyl (C=O) groups is 1. The maximum absolute atomic E-state index is 11.6. The number of ether oxygens (including phenoxy) is 1. The molecule has 1 amide bonds. The number of H-pyrrole nitrogens is 1. The molecule has 0 spiro atoms. The fraction of sp³-hybridized carbons (Fsp3) is 0.111. The Labute approximate surface area is 148 Å². The monoisotopic (exact) mass is 350 g/mol. The first-order valence-electron chi connectivity index (χ1n) is 7.69. The summed E-state index contributed by atoms with van der Waals surface area (Å²) in [6.07, 6.45) is -0.562. The van der Waals surface area contributed by atoms with Crippen LogP contribution in [0.25, 0.3) is 10.9 Å². The van der Waals surface area contributed by atoms with Gasteiger partial charge in [-0.15, -0.1) is 0 Å². The fourth-order valence-electron chi connectivity index (χ4n) is 2.23. The molecular weight excluding hydrogens is 336 g/mol. The van der Waals surface area contributed by atoms with Crippen molar-refractivity contribution in [2.75, 3.05) is 6.54 Å². The number of aromatic nitrogens is 2. The Balaban J connectivity index is 1.54. The number of non-ortho nitro benzene ring substituents is 1. The molecule has 0 aliphatic heterocycles. The minimum atomic E-state index is -0.562. The van der Waals surface area contributed by atoms with Crippen molar-refractivity contribution in [2.24, 2.45) is 0 Å². The Hall–Kier alpha value is -3.86. The van der Waals surface area contributed by atoms with Gasteiger partial charge in [-0.2, -0.15) is 5.10 Å². The number of benzene rings is 2. The Morgan fingerprint density at radius 3 is 2.85 bits per heavy atom. The number of nitro benzene ring substituents is 1. The normalized spacial score (nSPS) is 10.0. The highest BCUT2D eigenvalue weighted by molar-refractivity contribution is 5.85. The van der Waals surface area contributed by atoms with Crippen molar-refractivity contribution >= 4 is 22.7 Å². The number of nitro groups is 1. The van der Waals surface area contributed by atoms with Crippen molar-refractivity contribution < 1.29 is 14.5 Å². The molecule has 1 heterocycles. The topological polar surface area (TPSA) is 110 Å². The minimum Gasteiger partial charge on any atom is -0.445 e. The molecule has 2 aromatic carbocycles. The summed E-state index contributed by atoms with van der Waals surface area (Å²) in [5.74, 6) is 5.62. The van der Waals surface area contributed by atoms with Gasteiger partial charge in [0.1, 0.15) is 17.8 Å². The first kappa shape index (κ1) is 17.0. The van der Waals surface area contributed by atoms with Gasteiger partial charge in [0.2, 0.25) is 0 Å². The molecule has 0 radical (unpaired) electrons. The van der Waals surface area contributed by atoms with E-state index in [0.717, 1.165) is 5.56 Å². The number of carbonyl (C=O) groups excluding carboxylic acids is 1. The molecule has 26 heavy (non-hydrogen) atoms. The number of alkyl carbamates (subject to hydrolysis) is 1. The van der Waals surface area contributed by atoms with Crippen LogP contribution < -0.4 is 5.32 Å². The van der Waals surface area contributed by atoms with Gasteiger partial charge in [-0.25, -0.2) is 4.79 Å². The van der Waals surface area contributed by atoms with Crippen molar-refractivity contribution in [2.45, 2.75) is 6.61 Å². The number of fused-ring (bicyclic) bond motifs is 1. The smallest absolute Gasteiger partial charge is 0.408 e. The summed E-state index contributed by atoms with van der Waals surface area (Å²) in [6, 6.07) is 13.7. The first-order valence-corrected chi connectivity index (χ1v) is 7.69. The van der Waals surface area contributed by atoms with E-state index in [1.807, 2.05) is 30.3 Å². The standard InChI is InChI=1S/C18H14N4O4/c23-18(26-12-13-5-2-1-3-6-13)19-10-4-7-16-15-9-8-14(22(24)25)11-17(15)21-20-16/h1-3,5-6,8-9,11H,10,12H2,(H,19,23)(H,20,21). The number of amides is 1. The fourth-order valence-corrected chi connectivity index (χ4v) is 2.23. The van der Waals surface area contributed by atoms with Gasteiger partial charge in [-0.05, 0) is 17.6 Å². The molecule has 1 aromatic heterocycles. The van der Waals surface area contributed by atoms with E-state index in [1.165, 1.54) is 12.1 Å². The summed E-state index contributed by atoms with van der Waals surface area (Å²) in [7, 11) is 0. The minimum absolute atomic E-state index is 0.0358. The highest BCUT2D eigenvalue weighted by atomic mass is 16.6. The Bertz CT molecular complexity index is 1000. The van der Waals surface area contributed by atoms with E-state index < -0.39 is 11.0 Å². The average molecular weight is 350 g/mol. The van der Waals surface area contributed by atoms with Gasteiger partial charge in [0.15, 0.2) is 0 Å². The third-order valence-electron chi connectivity index (χ3n) is 3.50. The molecule has 0 saturated carbocycles. The number of rotatable bonds is 4. The van der Waals surface area contributed by atoms with E-state index >= 15 is 0 Å². The zero-order chi connectivity index (χ0) is 18.4. The molecule has 0 saturated heterocycles. The van der Waals surface area contributed by atoms with Crippen LogP contribution in [0.1, 0.15) is 11.3 Å². The summed E-state index contributed by atoms with van der Waals surface area (Å²) in [4.78, 5) is 21.9. The second-order valence-electron chi connectivity index (χ2n) is 5.27. The second-order valence-corrected chi connectivity index (χ2v) is 5.27. The summed E-state index contributed by atoms with van der Waals surface area (Å²) < 4.78 is 5.07. The molecule has 8 nitrogen and oxygen atoms in total. The maximum Gasteiger partial charge on any atom is 0.408 e. The average Bonchev–Trinajstić information content (AvgIpc) is 3.06. The summed E-state index contributed by atoms with van der Waals surface area (Å²) in [5, 5.41) is 20.7. The zero-order valence-corrected chi connectivity index (χ0v) is 13.6. The van der Waals surface area contributed by atoms with Crippen LogP contribution in [0.3, 0.4) is 0 Å². The Morgan fingerprint density at radius 1 is 1.27 bits per heavy atom. The molecule has 0 aliphatic carbocycles. The molecule has 8 heteroatoms. The molecule has 0 unspecified atom stereocenters. The Kier molecular flexibility index (Phi) is 5.10. The number of nitrogens with one attached hydrogen (secondary N) is 2. The van der Waals surface area contributed by atoms with E-state index in [2.05, 4.69) is 27.4 Å². The van der Waals surface area contributed by atoms with Gasteiger partial charge in [0.25, 0.3) is 5.69 Å². The number of hydrogen-bond donors (Lipinski definition) is 2. The van der Waals surface area contributed by atoms with Crippen LogP contribution in [0.2, 0.25) is 0 Å². The van der Waals surface area contributed by atoms with E-state index in [-0.39, 0.29) is 18.8 Å². The van der Waals surface area contributed by atoms with Crippen molar-refractivity contribution in [3.8, 4) is 11.8 Å². The number of hydrogen-bond acceptors (Lipinski definition) is 5. The Morgan fingerprint density at radius 2 is 2.08 bits per heavy atom. The molecule has 0 aliphatic rings. The van der Waals surface area contributed by atoms with E-state index in [9.17, 15) is 14.9 Å². The van der Waals surface area contributed by atoms with Crippen molar-refractivity contribution in [3.05, 3.63) is 69.9 Å². The molecule has 0 fully saturated rings. The van der Waals surface area contributed by atoms with Crippen LogP contribution in [-0.2, 0) is 11.3 Å². The van der Waals surface area contributed by atoms with E-state index in [4.69, 9.17) is 4.74 Å². The summed E-state index contributed by atoms with van der Waals surface area (Å²) in [6.45, 7) is 0.283. The lowest BCUT2D eigenvalue weighted by molar-refractivity contribution is -0.384. The van der Waals surface area contributed by atoms with Gasteiger partial charge >= 0.3 is 6.09 Å². The third-order valence-corrected chi connectivity index (χ3v) is 3.50. The van der Waals surface area contributed by atoms with Crippen molar-refractivity contribution in [3.63, 3.8) is 0 Å². The molecule has 0 bridgehead atoms. The number of nitrogens with zero attached hydrogens (tertiary/aromatic N) is 2. The van der Waals surface area contributed by atoms with Crippen LogP contribution >= 0.6 is 0 Å². The van der Waals surface area contributed by atoms with Crippen LogP contribution in [-0.4, -0.2) is 27.8 Å². The van der Waals surface area contributed by atoms with Gasteiger partial charge < -0.3 is 10.1 Å². The van der Waals surface area contributed by atoms with Gasteiger partial charge in [-0.1, -0.05) is 36.3 Å². The predicted molar refractivity (Wildman–Crippen MR) is 94.3 cm³/mol. The van der Waals surface area contributed by atoms with Crippen LogP contribution in [0.5, 0.6) is 0 Å². The molecule has 3 rings (SSSR count). The zero-order valence-electron chi connectivity index (χ0n) is 13.6. The first-order chi connectivity index (χ1) is 12.6. The number of aromatic amines is 1. The second kappa shape index (κ2) is 7.81. The quantitative estimate of drug-likeness (QED) is 0.427. The molecule has 0 atom stereocenters. The van der Waals surface area contributed by atoms with E-state index in [0.29, 0.717) is 16.6 Å². The van der Waals surface area contributed by atoms with Crippen LogP contribution in [0.4, 0.5) is 10.5 Å². The van der Waals surface area contributed by atoms with Crippen molar-refractivity contribution in [1.82, 2.24) is 15.5 Å². The van der Waals surface area contributed by atoms with Crippen LogP contribution in [0, 0.1) is 22.0 Å². The lowest BCUT2D eigenvalue weighted by Gasteiger charge is -2.04. The highest BCUT2D eigenvalue weighted by Crippen LogP contribution is 2.20. The molecule has 2 N–H and O–H groups in total.